The molecule has 1 saturated heterocycles. The second-order valence-electron chi connectivity index (χ2n) is 6.21. The van der Waals surface area contributed by atoms with E-state index in [1.54, 1.807) is 0 Å². The molecule has 1 aliphatic rings. The summed E-state index contributed by atoms with van der Waals surface area (Å²) in [4.78, 5) is 2.11. The predicted octanol–water partition coefficient (Wildman–Crippen LogP) is 0.368. The number of sulfone groups is 1. The van der Waals surface area contributed by atoms with E-state index in [-0.39, 0.29) is 11.2 Å². The number of hydrogen-bond donors (Lipinski definition) is 1. The molecule has 0 aromatic rings. The van der Waals surface area contributed by atoms with Crippen molar-refractivity contribution in [2.75, 3.05) is 51.9 Å². The fourth-order valence-corrected chi connectivity index (χ4v) is 3.01. The van der Waals surface area contributed by atoms with Gasteiger partial charge in [-0.25, -0.2) is 8.42 Å². The van der Waals surface area contributed by atoms with Crippen molar-refractivity contribution in [1.29, 1.82) is 0 Å². The van der Waals surface area contributed by atoms with Crippen LogP contribution in [0.15, 0.2) is 0 Å². The van der Waals surface area contributed by atoms with Crippen molar-refractivity contribution in [2.24, 2.45) is 5.41 Å². The molecular formula is C13H28N2O3S. The zero-order chi connectivity index (χ0) is 14.5. The Bertz CT molecular complexity index is 362. The molecular weight excluding hydrogens is 264 g/mol. The van der Waals surface area contributed by atoms with Crippen molar-refractivity contribution in [3.63, 3.8) is 0 Å². The van der Waals surface area contributed by atoms with Crippen LogP contribution in [-0.2, 0) is 14.6 Å². The third-order valence-electron chi connectivity index (χ3n) is 3.52. The Balaban J connectivity index is 2.48. The van der Waals surface area contributed by atoms with Crippen LogP contribution in [0.3, 0.4) is 0 Å². The van der Waals surface area contributed by atoms with Gasteiger partial charge in [0.05, 0.1) is 12.4 Å². The average Bonchev–Trinajstić information content (AvgIpc) is 2.72. The Hall–Kier alpha value is -0.170. The van der Waals surface area contributed by atoms with Gasteiger partial charge in [0, 0.05) is 44.0 Å². The molecule has 0 amide bonds. The van der Waals surface area contributed by atoms with Gasteiger partial charge < -0.3 is 15.0 Å². The van der Waals surface area contributed by atoms with Crippen LogP contribution in [0.4, 0.5) is 0 Å². The van der Waals surface area contributed by atoms with E-state index in [2.05, 4.69) is 24.1 Å². The zero-order valence-electron chi connectivity index (χ0n) is 12.6. The molecule has 1 atom stereocenters. The summed E-state index contributed by atoms with van der Waals surface area (Å²) in [6, 6.07) is 0.457. The number of ether oxygens (including phenoxy) is 1. The summed E-state index contributed by atoms with van der Waals surface area (Å²) in [5.41, 5.74) is 0.122. The monoisotopic (exact) mass is 292 g/mol. The SMILES string of the molecule is CC(C)NCC1(CN(C)CCS(C)(=O)=O)CCOC1. The molecule has 1 unspecified atom stereocenters. The van der Waals surface area contributed by atoms with E-state index in [0.29, 0.717) is 12.6 Å². The maximum atomic E-state index is 11.2. The van der Waals surface area contributed by atoms with E-state index < -0.39 is 9.84 Å². The smallest absolute Gasteiger partial charge is 0.148 e. The van der Waals surface area contributed by atoms with Crippen molar-refractivity contribution < 1.29 is 13.2 Å². The molecule has 1 fully saturated rings. The van der Waals surface area contributed by atoms with Crippen LogP contribution in [0, 0.1) is 5.41 Å². The molecule has 0 aromatic carbocycles. The van der Waals surface area contributed by atoms with Crippen LogP contribution in [0.25, 0.3) is 0 Å². The molecule has 1 rings (SSSR count). The highest BCUT2D eigenvalue weighted by Gasteiger charge is 2.35. The van der Waals surface area contributed by atoms with Crippen molar-refractivity contribution in [1.82, 2.24) is 10.2 Å². The minimum absolute atomic E-state index is 0.122. The normalized spacial score (nSPS) is 24.5. The maximum Gasteiger partial charge on any atom is 0.148 e. The van der Waals surface area contributed by atoms with Crippen LogP contribution < -0.4 is 5.32 Å². The minimum Gasteiger partial charge on any atom is -0.381 e. The zero-order valence-corrected chi connectivity index (χ0v) is 13.4. The van der Waals surface area contributed by atoms with Gasteiger partial charge in [0.1, 0.15) is 9.84 Å². The molecule has 0 spiro atoms. The number of hydrogen-bond acceptors (Lipinski definition) is 5. The van der Waals surface area contributed by atoms with Gasteiger partial charge in [-0.3, -0.25) is 0 Å². The molecule has 0 saturated carbocycles. The molecule has 1 aliphatic heterocycles. The standard InChI is InChI=1S/C13H28N2O3S/c1-12(2)14-9-13(5-7-18-11-13)10-15(3)6-8-19(4,16)17/h12,14H,5-11H2,1-4H3. The highest BCUT2D eigenvalue weighted by atomic mass is 32.2. The summed E-state index contributed by atoms with van der Waals surface area (Å²) in [7, 11) is -0.900. The highest BCUT2D eigenvalue weighted by molar-refractivity contribution is 7.90. The number of nitrogens with one attached hydrogen (secondary N) is 1. The topological polar surface area (TPSA) is 58.6 Å². The molecule has 6 heteroatoms. The molecule has 1 N–H and O–H groups in total. The Labute approximate surface area is 117 Å². The summed E-state index contributed by atoms with van der Waals surface area (Å²) in [5, 5.41) is 3.48. The Morgan fingerprint density at radius 3 is 2.58 bits per heavy atom. The molecule has 114 valence electrons. The van der Waals surface area contributed by atoms with Gasteiger partial charge in [0.15, 0.2) is 0 Å². The number of rotatable bonds is 8. The lowest BCUT2D eigenvalue weighted by Crippen LogP contribution is -2.46. The second kappa shape index (κ2) is 7.02. The van der Waals surface area contributed by atoms with Crippen molar-refractivity contribution in [3.05, 3.63) is 0 Å². The first-order valence-electron chi connectivity index (χ1n) is 6.90. The van der Waals surface area contributed by atoms with Gasteiger partial charge in [-0.2, -0.15) is 0 Å². The van der Waals surface area contributed by atoms with Crippen LogP contribution in [-0.4, -0.2) is 71.3 Å². The molecule has 19 heavy (non-hydrogen) atoms. The molecule has 1 heterocycles. The Morgan fingerprint density at radius 1 is 1.42 bits per heavy atom. The van der Waals surface area contributed by atoms with Crippen molar-refractivity contribution in [2.45, 2.75) is 26.3 Å². The third kappa shape index (κ3) is 6.70. The van der Waals surface area contributed by atoms with Gasteiger partial charge in [-0.05, 0) is 13.5 Å². The van der Waals surface area contributed by atoms with E-state index in [9.17, 15) is 8.42 Å². The maximum absolute atomic E-state index is 11.2. The van der Waals surface area contributed by atoms with E-state index in [1.807, 2.05) is 7.05 Å². The Kier molecular flexibility index (Phi) is 6.23. The van der Waals surface area contributed by atoms with E-state index in [4.69, 9.17) is 4.74 Å². The summed E-state index contributed by atoms with van der Waals surface area (Å²) < 4.78 is 28.0. The van der Waals surface area contributed by atoms with Crippen LogP contribution in [0.2, 0.25) is 0 Å². The van der Waals surface area contributed by atoms with E-state index in [1.165, 1.54) is 6.26 Å². The van der Waals surface area contributed by atoms with Crippen LogP contribution >= 0.6 is 0 Å². The van der Waals surface area contributed by atoms with E-state index >= 15 is 0 Å². The number of nitrogens with zero attached hydrogens (tertiary/aromatic N) is 1. The first-order valence-corrected chi connectivity index (χ1v) is 8.96. The lowest BCUT2D eigenvalue weighted by Gasteiger charge is -2.33. The highest BCUT2D eigenvalue weighted by Crippen LogP contribution is 2.28. The first-order chi connectivity index (χ1) is 8.72. The lowest BCUT2D eigenvalue weighted by atomic mass is 9.86. The summed E-state index contributed by atoms with van der Waals surface area (Å²) in [5.74, 6) is 0.220. The fourth-order valence-electron chi connectivity index (χ4n) is 2.36. The first kappa shape index (κ1) is 16.9. The lowest BCUT2D eigenvalue weighted by molar-refractivity contribution is 0.119. The van der Waals surface area contributed by atoms with Gasteiger partial charge in [-0.1, -0.05) is 13.8 Å². The molecule has 5 nitrogen and oxygen atoms in total. The molecule has 0 bridgehead atoms. The van der Waals surface area contributed by atoms with Crippen molar-refractivity contribution >= 4 is 9.84 Å². The van der Waals surface area contributed by atoms with Gasteiger partial charge >= 0.3 is 0 Å². The van der Waals surface area contributed by atoms with E-state index in [0.717, 1.165) is 32.7 Å². The Morgan fingerprint density at radius 2 is 2.11 bits per heavy atom. The fraction of sp³-hybridized carbons (Fsp3) is 1.00. The molecule has 0 aromatic heterocycles. The average molecular weight is 292 g/mol. The van der Waals surface area contributed by atoms with Crippen molar-refractivity contribution in [3.8, 4) is 0 Å². The summed E-state index contributed by atoms with van der Waals surface area (Å²) in [6.07, 6.45) is 2.32. The third-order valence-corrected chi connectivity index (χ3v) is 4.44. The molecule has 0 radical (unpaired) electrons. The van der Waals surface area contributed by atoms with Crippen LogP contribution in [0.5, 0.6) is 0 Å². The van der Waals surface area contributed by atoms with Gasteiger partial charge in [0.25, 0.3) is 0 Å². The van der Waals surface area contributed by atoms with Crippen LogP contribution in [0.1, 0.15) is 20.3 Å². The minimum atomic E-state index is -2.89. The second-order valence-corrected chi connectivity index (χ2v) is 8.47. The summed E-state index contributed by atoms with van der Waals surface area (Å²) in [6.45, 7) is 8.22. The quantitative estimate of drug-likeness (QED) is 0.700. The van der Waals surface area contributed by atoms with Gasteiger partial charge in [-0.15, -0.1) is 0 Å². The summed E-state index contributed by atoms with van der Waals surface area (Å²) >= 11 is 0. The predicted molar refractivity (Wildman–Crippen MR) is 78.2 cm³/mol. The van der Waals surface area contributed by atoms with Gasteiger partial charge in [0.2, 0.25) is 0 Å². The molecule has 0 aliphatic carbocycles. The largest absolute Gasteiger partial charge is 0.381 e.